The van der Waals surface area contributed by atoms with Crippen LogP contribution in [0.25, 0.3) is 0 Å². The zero-order valence-corrected chi connectivity index (χ0v) is 13.5. The SMILES string of the molecule is COc1ccc(C(=O)CCC(=O)N2CC[C@@](C)(O)[C@@H](O)C2)cc1. The van der Waals surface area contributed by atoms with Crippen molar-refractivity contribution in [3.05, 3.63) is 29.8 Å². The molecule has 1 fully saturated rings. The van der Waals surface area contributed by atoms with Gasteiger partial charge in [0.2, 0.25) is 5.91 Å². The van der Waals surface area contributed by atoms with Gasteiger partial charge in [-0.1, -0.05) is 0 Å². The third-order valence-electron chi connectivity index (χ3n) is 4.33. The first kappa shape index (κ1) is 17.4. The Bertz CT molecular complexity index is 567. The number of likely N-dealkylation sites (tertiary alicyclic amines) is 1. The molecule has 6 nitrogen and oxygen atoms in total. The number of ether oxygens (including phenoxy) is 1. The fourth-order valence-corrected chi connectivity index (χ4v) is 2.55. The van der Waals surface area contributed by atoms with Crippen molar-refractivity contribution in [1.29, 1.82) is 0 Å². The summed E-state index contributed by atoms with van der Waals surface area (Å²) in [6, 6.07) is 6.76. The average Bonchev–Trinajstić information content (AvgIpc) is 2.55. The summed E-state index contributed by atoms with van der Waals surface area (Å²) in [5.41, 5.74) is -0.615. The van der Waals surface area contributed by atoms with Crippen LogP contribution < -0.4 is 4.74 Å². The number of benzene rings is 1. The van der Waals surface area contributed by atoms with Crippen LogP contribution in [-0.2, 0) is 4.79 Å². The number of hydrogen-bond donors (Lipinski definition) is 2. The quantitative estimate of drug-likeness (QED) is 0.790. The van der Waals surface area contributed by atoms with E-state index in [-0.39, 0.29) is 31.1 Å². The fraction of sp³-hybridized carbons (Fsp3) is 0.529. The molecular weight excluding hydrogens is 298 g/mol. The maximum atomic E-state index is 12.2. The van der Waals surface area contributed by atoms with Crippen LogP contribution in [0.3, 0.4) is 0 Å². The standard InChI is InChI=1S/C17H23NO5/c1-17(22)9-10-18(11-15(17)20)16(21)8-7-14(19)12-3-5-13(23-2)6-4-12/h3-6,15,20,22H,7-11H2,1-2H3/t15-,17+/m0/s1. The monoisotopic (exact) mass is 321 g/mol. The molecule has 1 amide bonds. The summed E-state index contributed by atoms with van der Waals surface area (Å²) in [6.07, 6.45) is -0.419. The van der Waals surface area contributed by atoms with E-state index in [2.05, 4.69) is 0 Å². The van der Waals surface area contributed by atoms with Crippen LogP contribution in [0.1, 0.15) is 36.5 Å². The van der Waals surface area contributed by atoms with Gasteiger partial charge in [0.25, 0.3) is 0 Å². The molecule has 0 unspecified atom stereocenters. The van der Waals surface area contributed by atoms with Crippen molar-refractivity contribution < 1.29 is 24.5 Å². The second-order valence-corrected chi connectivity index (χ2v) is 6.11. The number of rotatable bonds is 5. The summed E-state index contributed by atoms with van der Waals surface area (Å²) in [4.78, 5) is 25.8. The largest absolute Gasteiger partial charge is 0.497 e. The van der Waals surface area contributed by atoms with Gasteiger partial charge in [-0.3, -0.25) is 9.59 Å². The van der Waals surface area contributed by atoms with Crippen LogP contribution in [0.5, 0.6) is 5.75 Å². The van der Waals surface area contributed by atoms with Gasteiger partial charge in [-0.05, 0) is 37.6 Å². The maximum absolute atomic E-state index is 12.2. The molecule has 1 aliphatic heterocycles. The Morgan fingerprint density at radius 1 is 1.30 bits per heavy atom. The Balaban J connectivity index is 1.85. The second-order valence-electron chi connectivity index (χ2n) is 6.11. The molecular formula is C17H23NO5. The Hall–Kier alpha value is -1.92. The molecule has 23 heavy (non-hydrogen) atoms. The molecule has 1 aromatic carbocycles. The molecule has 6 heteroatoms. The summed E-state index contributed by atoms with van der Waals surface area (Å²) in [5.74, 6) is 0.388. The summed E-state index contributed by atoms with van der Waals surface area (Å²) >= 11 is 0. The van der Waals surface area contributed by atoms with Crippen molar-refractivity contribution in [2.75, 3.05) is 20.2 Å². The van der Waals surface area contributed by atoms with Crippen LogP contribution in [0.2, 0.25) is 0 Å². The van der Waals surface area contributed by atoms with Gasteiger partial charge >= 0.3 is 0 Å². The number of carbonyl (C=O) groups excluding carboxylic acids is 2. The smallest absolute Gasteiger partial charge is 0.223 e. The minimum atomic E-state index is -1.16. The third-order valence-corrected chi connectivity index (χ3v) is 4.33. The zero-order valence-electron chi connectivity index (χ0n) is 13.5. The molecule has 1 saturated heterocycles. The number of β-amino-alcohol motifs (C(OH)–C–C–N with tert-alkyl or cyclic N) is 1. The van der Waals surface area contributed by atoms with Gasteiger partial charge in [-0.15, -0.1) is 0 Å². The van der Waals surface area contributed by atoms with E-state index in [1.165, 1.54) is 4.90 Å². The highest BCUT2D eigenvalue weighted by atomic mass is 16.5. The number of amides is 1. The van der Waals surface area contributed by atoms with E-state index in [9.17, 15) is 19.8 Å². The molecule has 1 heterocycles. The molecule has 2 atom stereocenters. The summed E-state index contributed by atoms with van der Waals surface area (Å²) in [7, 11) is 1.56. The maximum Gasteiger partial charge on any atom is 0.223 e. The van der Waals surface area contributed by atoms with Gasteiger partial charge in [-0.25, -0.2) is 0 Å². The Morgan fingerprint density at radius 2 is 1.96 bits per heavy atom. The average molecular weight is 321 g/mol. The van der Waals surface area contributed by atoms with Gasteiger partial charge in [0.1, 0.15) is 5.75 Å². The van der Waals surface area contributed by atoms with E-state index in [1.54, 1.807) is 38.3 Å². The minimum absolute atomic E-state index is 0.0969. The van der Waals surface area contributed by atoms with Crippen molar-refractivity contribution in [3.8, 4) is 5.75 Å². The number of ketones is 1. The number of hydrogen-bond acceptors (Lipinski definition) is 5. The van der Waals surface area contributed by atoms with E-state index in [1.807, 2.05) is 0 Å². The fourth-order valence-electron chi connectivity index (χ4n) is 2.55. The lowest BCUT2D eigenvalue weighted by molar-refractivity contribution is -0.146. The number of piperidine rings is 1. The molecule has 0 spiro atoms. The van der Waals surface area contributed by atoms with Crippen molar-refractivity contribution in [2.24, 2.45) is 0 Å². The van der Waals surface area contributed by atoms with Crippen molar-refractivity contribution in [3.63, 3.8) is 0 Å². The van der Waals surface area contributed by atoms with Crippen molar-refractivity contribution >= 4 is 11.7 Å². The van der Waals surface area contributed by atoms with Crippen molar-refractivity contribution in [2.45, 2.75) is 37.9 Å². The molecule has 0 aromatic heterocycles. The highest BCUT2D eigenvalue weighted by molar-refractivity contribution is 5.98. The molecule has 1 aliphatic rings. The molecule has 1 aromatic rings. The first-order valence-corrected chi connectivity index (χ1v) is 7.69. The highest BCUT2D eigenvalue weighted by Gasteiger charge is 2.37. The molecule has 2 N–H and O–H groups in total. The molecule has 0 bridgehead atoms. The van der Waals surface area contributed by atoms with Gasteiger partial charge in [-0.2, -0.15) is 0 Å². The first-order chi connectivity index (χ1) is 10.8. The molecule has 126 valence electrons. The normalized spacial score (nSPS) is 24.3. The summed E-state index contributed by atoms with van der Waals surface area (Å²) in [5, 5.41) is 19.7. The van der Waals surface area contributed by atoms with E-state index < -0.39 is 11.7 Å². The van der Waals surface area contributed by atoms with Crippen LogP contribution >= 0.6 is 0 Å². The number of nitrogens with zero attached hydrogens (tertiary/aromatic N) is 1. The first-order valence-electron chi connectivity index (χ1n) is 7.69. The lowest BCUT2D eigenvalue weighted by atomic mass is 9.90. The number of carbonyl (C=O) groups is 2. The molecule has 0 radical (unpaired) electrons. The van der Waals surface area contributed by atoms with Gasteiger partial charge in [0.15, 0.2) is 5.78 Å². The zero-order chi connectivity index (χ0) is 17.0. The van der Waals surface area contributed by atoms with Crippen LogP contribution in [0, 0.1) is 0 Å². The van der Waals surface area contributed by atoms with Crippen LogP contribution in [0.15, 0.2) is 24.3 Å². The number of methoxy groups -OCH3 is 1. The van der Waals surface area contributed by atoms with E-state index in [4.69, 9.17) is 4.74 Å². The predicted molar refractivity (Wildman–Crippen MR) is 84.4 cm³/mol. The van der Waals surface area contributed by atoms with Crippen LogP contribution in [-0.4, -0.2) is 58.7 Å². The molecule has 0 saturated carbocycles. The predicted octanol–water partition coefficient (Wildman–Crippen LogP) is 1.00. The van der Waals surface area contributed by atoms with E-state index in [0.717, 1.165) is 0 Å². The van der Waals surface area contributed by atoms with Gasteiger partial charge < -0.3 is 19.8 Å². The topological polar surface area (TPSA) is 87.1 Å². The highest BCUT2D eigenvalue weighted by Crippen LogP contribution is 2.22. The minimum Gasteiger partial charge on any atom is -0.497 e. The van der Waals surface area contributed by atoms with Gasteiger partial charge in [0, 0.05) is 31.5 Å². The number of Topliss-reactive ketones (excluding diaryl/α,β-unsaturated/α-hetero) is 1. The van der Waals surface area contributed by atoms with Crippen molar-refractivity contribution in [1.82, 2.24) is 4.90 Å². The molecule has 2 rings (SSSR count). The summed E-state index contributed by atoms with van der Waals surface area (Å²) < 4.78 is 5.04. The lowest BCUT2D eigenvalue weighted by Gasteiger charge is -2.39. The van der Waals surface area contributed by atoms with E-state index >= 15 is 0 Å². The van der Waals surface area contributed by atoms with E-state index in [0.29, 0.717) is 24.3 Å². The number of aliphatic hydroxyl groups is 2. The lowest BCUT2D eigenvalue weighted by Crippen LogP contribution is -2.55. The third kappa shape index (κ3) is 4.30. The van der Waals surface area contributed by atoms with Gasteiger partial charge in [0.05, 0.1) is 18.8 Å². The van der Waals surface area contributed by atoms with Crippen LogP contribution in [0.4, 0.5) is 0 Å². The number of aliphatic hydroxyl groups excluding tert-OH is 1. The Labute approximate surface area is 135 Å². The molecule has 0 aliphatic carbocycles. The Morgan fingerprint density at radius 3 is 2.52 bits per heavy atom. The second kappa shape index (κ2) is 7.10. The Kier molecular flexibility index (Phi) is 5.38. The summed E-state index contributed by atoms with van der Waals surface area (Å²) in [6.45, 7) is 2.05.